The Hall–Kier alpha value is -3.39. The lowest BCUT2D eigenvalue weighted by atomic mass is 9.85. The summed E-state index contributed by atoms with van der Waals surface area (Å²) >= 11 is 6.26. The maximum absolute atomic E-state index is 13.8. The molecule has 2 unspecified atom stereocenters. The van der Waals surface area contributed by atoms with E-state index in [0.717, 1.165) is 6.07 Å². The van der Waals surface area contributed by atoms with Gasteiger partial charge in [-0.3, -0.25) is 4.79 Å². The van der Waals surface area contributed by atoms with Crippen molar-refractivity contribution in [3.63, 3.8) is 0 Å². The summed E-state index contributed by atoms with van der Waals surface area (Å²) < 4.78 is 67.9. The van der Waals surface area contributed by atoms with Crippen LogP contribution in [0.2, 0.25) is 5.02 Å². The van der Waals surface area contributed by atoms with Gasteiger partial charge in [-0.05, 0) is 61.4 Å². The van der Waals surface area contributed by atoms with E-state index in [1.807, 2.05) is 0 Å². The van der Waals surface area contributed by atoms with Gasteiger partial charge in [-0.25, -0.2) is 26.6 Å². The number of aromatic nitrogens is 1. The van der Waals surface area contributed by atoms with E-state index in [0.29, 0.717) is 30.7 Å². The number of hydrogen-bond donors (Lipinski definition) is 2. The molecule has 1 heterocycles. The van der Waals surface area contributed by atoms with Gasteiger partial charge >= 0.3 is 0 Å². The first-order valence-electron chi connectivity index (χ1n) is 11.7. The van der Waals surface area contributed by atoms with E-state index in [4.69, 9.17) is 11.6 Å². The van der Waals surface area contributed by atoms with Gasteiger partial charge in [-0.2, -0.15) is 0 Å². The predicted octanol–water partition coefficient (Wildman–Crippen LogP) is 4.76. The van der Waals surface area contributed by atoms with Gasteiger partial charge in [0.2, 0.25) is 0 Å². The molecule has 38 heavy (non-hydrogen) atoms. The molecule has 0 spiro atoms. The molecular formula is C27H20ClF3N2O4S. The fourth-order valence-electron chi connectivity index (χ4n) is 5.39. The Morgan fingerprint density at radius 2 is 1.84 bits per heavy atom. The van der Waals surface area contributed by atoms with Crippen LogP contribution < -0.4 is 5.32 Å². The lowest BCUT2D eigenvalue weighted by Crippen LogP contribution is -2.37. The summed E-state index contributed by atoms with van der Waals surface area (Å²) in [5.41, 5.74) is -1.58. The molecule has 2 bridgehead atoms. The van der Waals surface area contributed by atoms with Gasteiger partial charge in [-0.1, -0.05) is 23.6 Å². The van der Waals surface area contributed by atoms with Crippen molar-refractivity contribution in [2.24, 2.45) is 11.8 Å². The molecule has 2 aliphatic carbocycles. The van der Waals surface area contributed by atoms with Crippen LogP contribution in [-0.2, 0) is 9.84 Å². The van der Waals surface area contributed by atoms with Crippen LogP contribution in [0, 0.1) is 41.1 Å². The molecule has 2 aliphatic rings. The Morgan fingerprint density at radius 3 is 2.53 bits per heavy atom. The van der Waals surface area contributed by atoms with Crippen LogP contribution in [0.3, 0.4) is 0 Å². The van der Waals surface area contributed by atoms with Crippen molar-refractivity contribution in [3.8, 4) is 11.8 Å². The van der Waals surface area contributed by atoms with Crippen LogP contribution in [0.1, 0.15) is 35.3 Å². The number of nitrogens with zero attached hydrogens (tertiary/aromatic N) is 1. The molecule has 6 nitrogen and oxygen atoms in total. The summed E-state index contributed by atoms with van der Waals surface area (Å²) in [6.07, 6.45) is 2.76. The number of fused-ring (bicyclic) bond motifs is 2. The van der Waals surface area contributed by atoms with Crippen LogP contribution in [0.25, 0.3) is 0 Å². The number of amides is 1. The molecule has 0 aliphatic heterocycles. The number of nitrogens with one attached hydrogen (secondary N) is 1. The largest absolute Gasteiger partial charge is 0.377 e. The van der Waals surface area contributed by atoms with Gasteiger partial charge in [0.05, 0.1) is 15.2 Å². The van der Waals surface area contributed by atoms with Crippen molar-refractivity contribution in [1.82, 2.24) is 4.98 Å². The summed E-state index contributed by atoms with van der Waals surface area (Å²) in [4.78, 5) is 16.6. The minimum atomic E-state index is -4.13. The molecule has 0 saturated heterocycles. The molecule has 2 N–H and O–H groups in total. The van der Waals surface area contributed by atoms with E-state index in [9.17, 15) is 31.5 Å². The smallest absolute Gasteiger partial charge is 0.255 e. The van der Waals surface area contributed by atoms with Gasteiger partial charge in [0.25, 0.3) is 5.91 Å². The normalized spacial score (nSPS) is 24.1. The molecular weight excluding hydrogens is 541 g/mol. The fraction of sp³-hybridized carbons (Fsp3) is 0.259. The molecule has 11 heteroatoms. The Kier molecular flexibility index (Phi) is 6.71. The Labute approximate surface area is 221 Å². The summed E-state index contributed by atoms with van der Waals surface area (Å²) in [5, 5.41) is 12.4. The van der Waals surface area contributed by atoms with E-state index in [2.05, 4.69) is 22.1 Å². The number of rotatable bonds is 4. The summed E-state index contributed by atoms with van der Waals surface area (Å²) in [5.74, 6) is -0.915. The molecule has 0 radical (unpaired) electrons. The number of benzene rings is 2. The molecule has 1 aromatic heterocycles. The average molecular weight is 561 g/mol. The third kappa shape index (κ3) is 4.66. The minimum Gasteiger partial charge on any atom is -0.377 e. The Morgan fingerprint density at radius 1 is 1.11 bits per heavy atom. The van der Waals surface area contributed by atoms with Gasteiger partial charge in [0.1, 0.15) is 11.3 Å². The standard InChI is InChI=1S/C27H20ClF3N2O4S/c28-20-7-5-15(26(34)33-18-12-21(29)24(31)22(30)13-18)11-23(20)38(36,37)25-16-4-6-19(25)27(35,14-16)9-8-17-3-1-2-10-32-17/h1-3,5,7,10-13,16,19,25,35H,4,6,14H2,(H,33,34)/t16?,19?,25-,27-/m1/s1. The van der Waals surface area contributed by atoms with E-state index in [1.165, 1.54) is 12.1 Å². The molecule has 2 saturated carbocycles. The topological polar surface area (TPSA) is 96.4 Å². The number of anilines is 1. The Bertz CT molecular complexity index is 1580. The molecule has 4 atom stereocenters. The molecule has 5 rings (SSSR count). The molecule has 2 fully saturated rings. The quantitative estimate of drug-likeness (QED) is 0.354. The van der Waals surface area contributed by atoms with Crippen molar-refractivity contribution < 1.29 is 31.5 Å². The summed E-state index contributed by atoms with van der Waals surface area (Å²) in [6.45, 7) is 0. The van der Waals surface area contributed by atoms with Gasteiger partial charge in [-0.15, -0.1) is 0 Å². The van der Waals surface area contributed by atoms with Crippen molar-refractivity contribution in [1.29, 1.82) is 0 Å². The first-order valence-corrected chi connectivity index (χ1v) is 13.6. The zero-order valence-corrected chi connectivity index (χ0v) is 21.2. The third-order valence-corrected chi connectivity index (χ3v) is 9.89. The maximum atomic E-state index is 13.8. The molecule has 196 valence electrons. The monoisotopic (exact) mass is 560 g/mol. The number of aliphatic hydroxyl groups is 1. The SMILES string of the molecule is O=C(Nc1cc(F)c(F)c(F)c1)c1ccc(Cl)c(S(=O)(=O)[C@@H]2C3CCC2[C@@](O)(C#Cc2ccccn2)C3)c1. The lowest BCUT2D eigenvalue weighted by Gasteiger charge is -2.27. The van der Waals surface area contributed by atoms with Crippen molar-refractivity contribution >= 4 is 33.0 Å². The van der Waals surface area contributed by atoms with Gasteiger partial charge in [0, 0.05) is 35.5 Å². The van der Waals surface area contributed by atoms with Crippen molar-refractivity contribution in [2.75, 3.05) is 5.32 Å². The number of carbonyl (C=O) groups excluding carboxylic acids is 1. The summed E-state index contributed by atoms with van der Waals surface area (Å²) in [6, 6.07) is 9.95. The highest BCUT2D eigenvalue weighted by Gasteiger charge is 2.61. The number of carbonyl (C=O) groups is 1. The van der Waals surface area contributed by atoms with Crippen LogP contribution in [-0.4, -0.2) is 35.3 Å². The number of hydrogen-bond acceptors (Lipinski definition) is 5. The highest BCUT2D eigenvalue weighted by Crippen LogP contribution is 2.55. The first kappa shape index (κ1) is 26.2. The zero-order chi connectivity index (χ0) is 27.2. The average Bonchev–Trinajstić information content (AvgIpc) is 3.43. The molecule has 2 aromatic carbocycles. The predicted molar refractivity (Wildman–Crippen MR) is 134 cm³/mol. The van der Waals surface area contributed by atoms with E-state index >= 15 is 0 Å². The van der Waals surface area contributed by atoms with Crippen molar-refractivity contribution in [2.45, 2.75) is 35.0 Å². The second kappa shape index (κ2) is 9.73. The minimum absolute atomic E-state index is 0.116. The van der Waals surface area contributed by atoms with Crippen molar-refractivity contribution in [3.05, 3.63) is 88.5 Å². The number of pyridine rings is 1. The zero-order valence-electron chi connectivity index (χ0n) is 19.6. The van der Waals surface area contributed by atoms with Gasteiger partial charge in [0.15, 0.2) is 27.3 Å². The fourth-order valence-corrected chi connectivity index (χ4v) is 8.29. The highest BCUT2D eigenvalue weighted by atomic mass is 35.5. The van der Waals surface area contributed by atoms with E-state index in [1.54, 1.807) is 24.4 Å². The molecule has 3 aromatic rings. The third-order valence-electron chi connectivity index (χ3n) is 7.07. The summed E-state index contributed by atoms with van der Waals surface area (Å²) in [7, 11) is -4.13. The van der Waals surface area contributed by atoms with Crippen LogP contribution in [0.4, 0.5) is 18.9 Å². The number of halogens is 4. The molecule has 1 amide bonds. The van der Waals surface area contributed by atoms with E-state index in [-0.39, 0.29) is 33.5 Å². The lowest BCUT2D eigenvalue weighted by molar-refractivity contribution is 0.0440. The first-order chi connectivity index (χ1) is 18.0. The van der Waals surface area contributed by atoms with Crippen LogP contribution in [0.15, 0.2) is 59.6 Å². The second-order valence-electron chi connectivity index (χ2n) is 9.40. The van der Waals surface area contributed by atoms with E-state index < -0.39 is 50.0 Å². The maximum Gasteiger partial charge on any atom is 0.255 e. The number of sulfone groups is 1. The second-order valence-corrected chi connectivity index (χ2v) is 11.9. The Balaban J connectivity index is 1.43. The highest BCUT2D eigenvalue weighted by molar-refractivity contribution is 7.92. The van der Waals surface area contributed by atoms with Crippen LogP contribution in [0.5, 0.6) is 0 Å². The van der Waals surface area contributed by atoms with Gasteiger partial charge < -0.3 is 10.4 Å². The van der Waals surface area contributed by atoms with Crippen LogP contribution >= 0.6 is 11.6 Å².